The highest BCUT2D eigenvalue weighted by atomic mass is 16.5. The summed E-state index contributed by atoms with van der Waals surface area (Å²) in [5, 5.41) is 3.70. The lowest BCUT2D eigenvalue weighted by molar-refractivity contribution is -0.0727. The van der Waals surface area contributed by atoms with E-state index in [-0.39, 0.29) is 0 Å². The summed E-state index contributed by atoms with van der Waals surface area (Å²) in [6.07, 6.45) is 7.98. The number of nitrogens with one attached hydrogen (secondary N) is 1. The van der Waals surface area contributed by atoms with Crippen molar-refractivity contribution in [2.75, 3.05) is 13.7 Å². The molecule has 2 aliphatic rings. The van der Waals surface area contributed by atoms with E-state index in [9.17, 15) is 0 Å². The quantitative estimate of drug-likeness (QED) is 0.867. The number of ether oxygens (including phenoxy) is 2. The van der Waals surface area contributed by atoms with Crippen LogP contribution >= 0.6 is 0 Å². The highest BCUT2D eigenvalue weighted by Gasteiger charge is 2.33. The van der Waals surface area contributed by atoms with E-state index in [1.807, 2.05) is 0 Å². The molecule has 1 N–H and O–H groups in total. The van der Waals surface area contributed by atoms with E-state index >= 15 is 0 Å². The maximum atomic E-state index is 6.36. The summed E-state index contributed by atoms with van der Waals surface area (Å²) in [6.45, 7) is 3.25. The molecule has 3 nitrogen and oxygen atoms in total. The van der Waals surface area contributed by atoms with Crippen molar-refractivity contribution < 1.29 is 9.47 Å². The summed E-state index contributed by atoms with van der Waals surface area (Å²) in [6, 6.07) is 6.79. The van der Waals surface area contributed by atoms with Gasteiger partial charge in [-0.05, 0) is 68.3 Å². The van der Waals surface area contributed by atoms with Gasteiger partial charge >= 0.3 is 0 Å². The lowest BCUT2D eigenvalue weighted by Gasteiger charge is -2.39. The van der Waals surface area contributed by atoms with Crippen LogP contribution in [0.15, 0.2) is 18.2 Å². The molecule has 2 atom stereocenters. The van der Waals surface area contributed by atoms with Gasteiger partial charge in [-0.3, -0.25) is 0 Å². The van der Waals surface area contributed by atoms with Crippen molar-refractivity contribution in [2.45, 2.75) is 63.7 Å². The highest BCUT2D eigenvalue weighted by molar-refractivity contribution is 5.40. The van der Waals surface area contributed by atoms with Gasteiger partial charge in [-0.15, -0.1) is 0 Å². The average molecular weight is 289 g/mol. The zero-order valence-electron chi connectivity index (χ0n) is 13.2. The lowest BCUT2D eigenvalue weighted by atomic mass is 9.84. The second-order valence-electron chi connectivity index (χ2n) is 6.26. The fourth-order valence-corrected chi connectivity index (χ4v) is 3.32. The van der Waals surface area contributed by atoms with Gasteiger partial charge in [0.2, 0.25) is 0 Å². The largest absolute Gasteiger partial charge is 0.497 e. The second-order valence-corrected chi connectivity index (χ2v) is 6.26. The van der Waals surface area contributed by atoms with E-state index in [0.717, 1.165) is 31.6 Å². The molecule has 0 bridgehead atoms. The normalized spacial score (nSPS) is 25.2. The molecule has 0 aliphatic heterocycles. The third kappa shape index (κ3) is 3.24. The smallest absolute Gasteiger partial charge is 0.119 e. The first kappa shape index (κ1) is 14.9. The van der Waals surface area contributed by atoms with Gasteiger partial charge in [-0.2, -0.15) is 0 Å². The zero-order valence-corrected chi connectivity index (χ0v) is 13.2. The minimum atomic E-state index is 0.307. The van der Waals surface area contributed by atoms with Gasteiger partial charge in [0, 0.05) is 0 Å². The van der Waals surface area contributed by atoms with Crippen LogP contribution in [0, 0.1) is 0 Å². The molecule has 116 valence electrons. The Kier molecular flexibility index (Phi) is 4.81. The molecule has 0 amide bonds. The molecule has 3 rings (SSSR count). The Hall–Kier alpha value is -1.06. The number of hydrogen-bond donors (Lipinski definition) is 1. The summed E-state index contributed by atoms with van der Waals surface area (Å²) in [5.41, 5.74) is 2.82. The number of hydrogen-bond acceptors (Lipinski definition) is 3. The predicted molar refractivity (Wildman–Crippen MR) is 84.9 cm³/mol. The molecule has 1 aromatic rings. The van der Waals surface area contributed by atoms with E-state index in [1.165, 1.54) is 30.4 Å². The molecule has 21 heavy (non-hydrogen) atoms. The third-order valence-corrected chi connectivity index (χ3v) is 4.79. The Morgan fingerprint density at radius 2 is 2.10 bits per heavy atom. The van der Waals surface area contributed by atoms with E-state index < -0.39 is 0 Å². The van der Waals surface area contributed by atoms with Gasteiger partial charge in [0.25, 0.3) is 0 Å². The molecular weight excluding hydrogens is 262 g/mol. The number of rotatable bonds is 6. The average Bonchev–Trinajstić information content (AvgIpc) is 2.48. The standard InChI is InChI=1S/C18H27NO2/c1-3-11-19-18-16-12-15(20-2)9-7-13(16)8-10-17(18)21-14-5-4-6-14/h7,9,12,14,17-19H,3-6,8,10-11H2,1-2H3. The van der Waals surface area contributed by atoms with E-state index in [2.05, 4.69) is 30.4 Å². The molecule has 3 heteroatoms. The van der Waals surface area contributed by atoms with Crippen LogP contribution in [0.4, 0.5) is 0 Å². The Morgan fingerprint density at radius 3 is 2.76 bits per heavy atom. The van der Waals surface area contributed by atoms with Crippen LogP contribution in [0.3, 0.4) is 0 Å². The van der Waals surface area contributed by atoms with Crippen molar-refractivity contribution in [2.24, 2.45) is 0 Å². The molecular formula is C18H27NO2. The maximum Gasteiger partial charge on any atom is 0.119 e. The minimum absolute atomic E-state index is 0.307. The fourth-order valence-electron chi connectivity index (χ4n) is 3.32. The van der Waals surface area contributed by atoms with Crippen LogP contribution < -0.4 is 10.1 Å². The number of aryl methyl sites for hydroxylation is 1. The summed E-state index contributed by atoms with van der Waals surface area (Å²) >= 11 is 0. The summed E-state index contributed by atoms with van der Waals surface area (Å²) < 4.78 is 11.8. The summed E-state index contributed by atoms with van der Waals surface area (Å²) in [7, 11) is 1.74. The molecule has 0 aromatic heterocycles. The predicted octanol–water partition coefficient (Wildman–Crippen LogP) is 3.62. The van der Waals surface area contributed by atoms with Crippen molar-refractivity contribution in [3.05, 3.63) is 29.3 Å². The van der Waals surface area contributed by atoms with Gasteiger partial charge in [0.05, 0.1) is 25.4 Å². The third-order valence-electron chi connectivity index (χ3n) is 4.79. The lowest BCUT2D eigenvalue weighted by Crippen LogP contribution is -2.41. The number of methoxy groups -OCH3 is 1. The van der Waals surface area contributed by atoms with Gasteiger partial charge in [0.15, 0.2) is 0 Å². The Bertz CT molecular complexity index is 470. The topological polar surface area (TPSA) is 30.5 Å². The van der Waals surface area contributed by atoms with E-state index in [0.29, 0.717) is 18.2 Å². The van der Waals surface area contributed by atoms with Crippen LogP contribution in [0.25, 0.3) is 0 Å². The summed E-state index contributed by atoms with van der Waals surface area (Å²) in [4.78, 5) is 0. The van der Waals surface area contributed by atoms with Gasteiger partial charge in [-0.1, -0.05) is 13.0 Å². The van der Waals surface area contributed by atoms with Crippen LogP contribution in [0.1, 0.15) is 56.2 Å². The Balaban J connectivity index is 1.81. The Morgan fingerprint density at radius 1 is 1.24 bits per heavy atom. The minimum Gasteiger partial charge on any atom is -0.497 e. The molecule has 2 unspecified atom stereocenters. The zero-order chi connectivity index (χ0) is 14.7. The first-order valence-electron chi connectivity index (χ1n) is 8.37. The molecule has 1 saturated carbocycles. The van der Waals surface area contributed by atoms with Crippen LogP contribution in [-0.4, -0.2) is 25.9 Å². The van der Waals surface area contributed by atoms with Crippen LogP contribution in [-0.2, 0) is 11.2 Å². The van der Waals surface area contributed by atoms with Gasteiger partial charge in [-0.25, -0.2) is 0 Å². The SMILES string of the molecule is CCCNC1c2cc(OC)ccc2CCC1OC1CCC1. The second kappa shape index (κ2) is 6.80. The first-order chi connectivity index (χ1) is 10.3. The van der Waals surface area contributed by atoms with E-state index in [1.54, 1.807) is 7.11 Å². The van der Waals surface area contributed by atoms with Gasteiger partial charge < -0.3 is 14.8 Å². The molecule has 0 heterocycles. The van der Waals surface area contributed by atoms with Crippen molar-refractivity contribution in [3.8, 4) is 5.75 Å². The van der Waals surface area contributed by atoms with Crippen molar-refractivity contribution in [1.82, 2.24) is 5.32 Å². The maximum absolute atomic E-state index is 6.36. The monoisotopic (exact) mass is 289 g/mol. The highest BCUT2D eigenvalue weighted by Crippen LogP contribution is 2.36. The van der Waals surface area contributed by atoms with Crippen molar-refractivity contribution in [3.63, 3.8) is 0 Å². The molecule has 0 spiro atoms. The Labute approximate surface area is 128 Å². The molecule has 0 saturated heterocycles. The van der Waals surface area contributed by atoms with E-state index in [4.69, 9.17) is 9.47 Å². The van der Waals surface area contributed by atoms with Crippen molar-refractivity contribution in [1.29, 1.82) is 0 Å². The first-order valence-corrected chi connectivity index (χ1v) is 8.37. The number of benzene rings is 1. The van der Waals surface area contributed by atoms with Crippen molar-refractivity contribution >= 4 is 0 Å². The van der Waals surface area contributed by atoms with Gasteiger partial charge in [0.1, 0.15) is 5.75 Å². The molecule has 2 aliphatic carbocycles. The van der Waals surface area contributed by atoms with Crippen LogP contribution in [0.2, 0.25) is 0 Å². The number of fused-ring (bicyclic) bond motifs is 1. The van der Waals surface area contributed by atoms with Crippen LogP contribution in [0.5, 0.6) is 5.75 Å². The molecule has 0 radical (unpaired) electrons. The fraction of sp³-hybridized carbons (Fsp3) is 0.667. The molecule has 1 fully saturated rings. The summed E-state index contributed by atoms with van der Waals surface area (Å²) in [5.74, 6) is 0.946. The molecule has 1 aromatic carbocycles.